The molecule has 2 aliphatic heterocycles. The zero-order valence-corrected chi connectivity index (χ0v) is 17.5. The number of hydrogen-bond acceptors (Lipinski definition) is 4. The number of rotatable bonds is 4. The van der Waals surface area contributed by atoms with Crippen molar-refractivity contribution in [2.24, 2.45) is 0 Å². The van der Waals surface area contributed by atoms with Gasteiger partial charge in [-0.15, -0.1) is 0 Å². The van der Waals surface area contributed by atoms with Crippen LogP contribution in [0.4, 0.5) is 5.69 Å². The number of carbonyl (C=O) groups excluding carboxylic acids is 2. The van der Waals surface area contributed by atoms with Crippen LogP contribution >= 0.6 is 11.6 Å². The Balaban J connectivity index is 1.88. The first-order valence-corrected chi connectivity index (χ1v) is 10.1. The highest BCUT2D eigenvalue weighted by Crippen LogP contribution is 2.40. The Kier molecular flexibility index (Phi) is 5.09. The van der Waals surface area contributed by atoms with Crippen LogP contribution in [0.3, 0.4) is 0 Å². The molecule has 2 amide bonds. The number of aryl methyl sites for hydroxylation is 2. The van der Waals surface area contributed by atoms with Crippen molar-refractivity contribution < 1.29 is 14.3 Å². The zero-order valence-electron chi connectivity index (χ0n) is 16.8. The van der Waals surface area contributed by atoms with Gasteiger partial charge in [0.05, 0.1) is 18.4 Å². The monoisotopic (exact) mass is 410 g/mol. The van der Waals surface area contributed by atoms with Crippen LogP contribution in [-0.4, -0.2) is 36.9 Å². The Morgan fingerprint density at radius 1 is 0.931 bits per heavy atom. The van der Waals surface area contributed by atoms with Crippen LogP contribution in [0.5, 0.6) is 5.75 Å². The van der Waals surface area contributed by atoms with Gasteiger partial charge in [-0.2, -0.15) is 0 Å². The van der Waals surface area contributed by atoms with E-state index < -0.39 is 0 Å². The highest BCUT2D eigenvalue weighted by atomic mass is 35.5. The molecule has 5 nitrogen and oxygen atoms in total. The molecule has 2 aromatic carbocycles. The second kappa shape index (κ2) is 7.56. The summed E-state index contributed by atoms with van der Waals surface area (Å²) in [6.07, 6.45) is 2.01. The van der Waals surface area contributed by atoms with Crippen LogP contribution in [-0.2, 0) is 9.59 Å². The molecule has 0 aliphatic carbocycles. The number of anilines is 1. The predicted molar refractivity (Wildman–Crippen MR) is 114 cm³/mol. The lowest BCUT2D eigenvalue weighted by atomic mass is 9.99. The van der Waals surface area contributed by atoms with Crippen molar-refractivity contribution in [1.29, 1.82) is 0 Å². The summed E-state index contributed by atoms with van der Waals surface area (Å²) in [6, 6.07) is 10.8. The van der Waals surface area contributed by atoms with Crippen molar-refractivity contribution in [2.75, 3.05) is 25.1 Å². The standard InChI is InChI=1S/C23H23ClN2O3/c1-14-6-7-16(12-15(14)2)20-21(25-10-4-5-11-25)23(28)26(22(20)27)18-13-17(24)8-9-19(18)29-3/h6-9,12-13H,4-5,10-11H2,1-3H3. The Hall–Kier alpha value is -2.79. The number of nitrogens with zero attached hydrogens (tertiary/aromatic N) is 2. The number of carbonyl (C=O) groups is 2. The summed E-state index contributed by atoms with van der Waals surface area (Å²) < 4.78 is 5.41. The molecule has 0 aromatic heterocycles. The van der Waals surface area contributed by atoms with Gasteiger partial charge in [0, 0.05) is 18.1 Å². The number of halogens is 1. The SMILES string of the molecule is COc1ccc(Cl)cc1N1C(=O)C(c2ccc(C)c(C)c2)=C(N2CCCC2)C1=O. The molecule has 0 atom stereocenters. The lowest BCUT2D eigenvalue weighted by Crippen LogP contribution is -2.34. The van der Waals surface area contributed by atoms with Crippen molar-refractivity contribution in [3.8, 4) is 5.75 Å². The van der Waals surface area contributed by atoms with E-state index >= 15 is 0 Å². The summed E-state index contributed by atoms with van der Waals surface area (Å²) in [4.78, 5) is 30.3. The molecule has 0 unspecified atom stereocenters. The molecule has 1 saturated heterocycles. The Morgan fingerprint density at radius 2 is 1.66 bits per heavy atom. The van der Waals surface area contributed by atoms with Crippen LogP contribution < -0.4 is 9.64 Å². The molecule has 1 fully saturated rings. The molecule has 0 spiro atoms. The van der Waals surface area contributed by atoms with Gasteiger partial charge in [-0.05, 0) is 61.6 Å². The Labute approximate surface area is 175 Å². The third-order valence-corrected chi connectivity index (χ3v) is 5.89. The fraction of sp³-hybridized carbons (Fsp3) is 0.304. The van der Waals surface area contributed by atoms with E-state index in [1.165, 1.54) is 12.0 Å². The smallest absolute Gasteiger partial charge is 0.282 e. The first-order valence-electron chi connectivity index (χ1n) is 9.71. The number of hydrogen-bond donors (Lipinski definition) is 0. The minimum Gasteiger partial charge on any atom is -0.495 e. The molecule has 29 heavy (non-hydrogen) atoms. The molecule has 0 saturated carbocycles. The van der Waals surface area contributed by atoms with Crippen LogP contribution in [0.15, 0.2) is 42.1 Å². The maximum Gasteiger partial charge on any atom is 0.282 e. The largest absolute Gasteiger partial charge is 0.495 e. The van der Waals surface area contributed by atoms with E-state index in [2.05, 4.69) is 0 Å². The Morgan fingerprint density at radius 3 is 2.31 bits per heavy atom. The van der Waals surface area contributed by atoms with Gasteiger partial charge in [-0.3, -0.25) is 9.59 Å². The number of likely N-dealkylation sites (tertiary alicyclic amines) is 1. The van der Waals surface area contributed by atoms with E-state index in [1.807, 2.05) is 36.9 Å². The van der Waals surface area contributed by atoms with Gasteiger partial charge in [0.2, 0.25) is 0 Å². The number of amides is 2. The molecule has 6 heteroatoms. The summed E-state index contributed by atoms with van der Waals surface area (Å²) in [7, 11) is 1.51. The van der Waals surface area contributed by atoms with E-state index in [1.54, 1.807) is 18.2 Å². The topological polar surface area (TPSA) is 49.9 Å². The van der Waals surface area contributed by atoms with Gasteiger partial charge in [-0.1, -0.05) is 29.8 Å². The number of ether oxygens (including phenoxy) is 1. The molecule has 4 rings (SSSR count). The van der Waals surface area contributed by atoms with E-state index in [0.29, 0.717) is 27.7 Å². The average Bonchev–Trinajstić information content (AvgIpc) is 3.30. The van der Waals surface area contributed by atoms with Gasteiger partial charge in [0.25, 0.3) is 11.8 Å². The molecule has 2 aromatic rings. The van der Waals surface area contributed by atoms with Gasteiger partial charge in [0.15, 0.2) is 0 Å². The molecule has 2 aliphatic rings. The van der Waals surface area contributed by atoms with E-state index in [-0.39, 0.29) is 11.8 Å². The van der Waals surface area contributed by atoms with Crippen molar-refractivity contribution in [3.05, 3.63) is 63.8 Å². The van der Waals surface area contributed by atoms with Crippen LogP contribution in [0.1, 0.15) is 29.5 Å². The van der Waals surface area contributed by atoms with Crippen molar-refractivity contribution in [2.45, 2.75) is 26.7 Å². The molecule has 150 valence electrons. The van der Waals surface area contributed by atoms with Gasteiger partial charge < -0.3 is 9.64 Å². The third-order valence-electron chi connectivity index (χ3n) is 5.66. The molecule has 0 radical (unpaired) electrons. The van der Waals surface area contributed by atoms with Gasteiger partial charge in [0.1, 0.15) is 11.4 Å². The first-order chi connectivity index (χ1) is 13.9. The predicted octanol–water partition coefficient (Wildman–Crippen LogP) is 4.35. The van der Waals surface area contributed by atoms with Crippen LogP contribution in [0.25, 0.3) is 5.57 Å². The first kappa shape index (κ1) is 19.5. The zero-order chi connectivity index (χ0) is 20.7. The molecule has 0 N–H and O–H groups in total. The summed E-state index contributed by atoms with van der Waals surface area (Å²) in [6.45, 7) is 5.57. The van der Waals surface area contributed by atoms with Crippen molar-refractivity contribution >= 4 is 34.7 Å². The normalized spacial score (nSPS) is 17.0. The highest BCUT2D eigenvalue weighted by molar-refractivity contribution is 6.46. The van der Waals surface area contributed by atoms with E-state index in [9.17, 15) is 9.59 Å². The number of imide groups is 1. The second-order valence-electron chi connectivity index (χ2n) is 7.48. The maximum absolute atomic E-state index is 13.6. The van der Waals surface area contributed by atoms with Crippen LogP contribution in [0, 0.1) is 13.8 Å². The molecule has 0 bridgehead atoms. The van der Waals surface area contributed by atoms with E-state index in [4.69, 9.17) is 16.3 Å². The molecular formula is C23H23ClN2O3. The van der Waals surface area contributed by atoms with Crippen molar-refractivity contribution in [1.82, 2.24) is 4.90 Å². The lowest BCUT2D eigenvalue weighted by Gasteiger charge is -2.21. The van der Waals surface area contributed by atoms with Gasteiger partial charge >= 0.3 is 0 Å². The average molecular weight is 411 g/mol. The van der Waals surface area contributed by atoms with Gasteiger partial charge in [-0.25, -0.2) is 4.90 Å². The number of benzene rings is 2. The minimum absolute atomic E-state index is 0.328. The van der Waals surface area contributed by atoms with E-state index in [0.717, 1.165) is 42.6 Å². The number of methoxy groups -OCH3 is 1. The Bertz CT molecular complexity index is 1040. The fourth-order valence-corrected chi connectivity index (χ4v) is 4.13. The molecular weight excluding hydrogens is 388 g/mol. The lowest BCUT2D eigenvalue weighted by molar-refractivity contribution is -0.120. The second-order valence-corrected chi connectivity index (χ2v) is 7.92. The third kappa shape index (κ3) is 3.29. The fourth-order valence-electron chi connectivity index (χ4n) is 3.97. The highest BCUT2D eigenvalue weighted by Gasteiger charge is 2.44. The summed E-state index contributed by atoms with van der Waals surface area (Å²) >= 11 is 6.17. The van der Waals surface area contributed by atoms with Crippen molar-refractivity contribution in [3.63, 3.8) is 0 Å². The molecule has 2 heterocycles. The summed E-state index contributed by atoms with van der Waals surface area (Å²) in [5, 5.41) is 0.434. The van der Waals surface area contributed by atoms with Crippen LogP contribution in [0.2, 0.25) is 5.02 Å². The minimum atomic E-state index is -0.347. The quantitative estimate of drug-likeness (QED) is 0.703. The summed E-state index contributed by atoms with van der Waals surface area (Å²) in [5.41, 5.74) is 4.26. The maximum atomic E-state index is 13.6. The summed E-state index contributed by atoms with van der Waals surface area (Å²) in [5.74, 6) is -0.246.